The minimum Gasteiger partial charge on any atom is -0.496 e. The average molecular weight is 340 g/mol. The van der Waals surface area contributed by atoms with Crippen LogP contribution >= 0.6 is 11.6 Å². The first-order chi connectivity index (χ1) is 11.5. The number of hydrogen-bond donors (Lipinski definition) is 0. The van der Waals surface area contributed by atoms with Gasteiger partial charge in [-0.05, 0) is 47.7 Å². The second-order valence-corrected chi connectivity index (χ2v) is 6.66. The van der Waals surface area contributed by atoms with E-state index in [0.29, 0.717) is 11.8 Å². The molecule has 2 nitrogen and oxygen atoms in total. The molecule has 0 bridgehead atoms. The van der Waals surface area contributed by atoms with Crippen LogP contribution in [0.15, 0.2) is 42.5 Å². The van der Waals surface area contributed by atoms with Gasteiger partial charge in [0.25, 0.3) is 0 Å². The van der Waals surface area contributed by atoms with Gasteiger partial charge in [0.1, 0.15) is 5.75 Å². The molecule has 0 aliphatic heterocycles. The zero-order valence-corrected chi connectivity index (χ0v) is 15.3. The van der Waals surface area contributed by atoms with Crippen molar-refractivity contribution in [2.24, 2.45) is 0 Å². The summed E-state index contributed by atoms with van der Waals surface area (Å²) in [6.07, 6.45) is 0. The van der Waals surface area contributed by atoms with Crippen molar-refractivity contribution in [2.45, 2.75) is 32.6 Å². The van der Waals surface area contributed by atoms with Crippen molar-refractivity contribution in [3.63, 3.8) is 0 Å². The van der Waals surface area contributed by atoms with Crippen molar-refractivity contribution in [1.29, 1.82) is 0 Å². The molecule has 0 aliphatic carbocycles. The normalized spacial score (nSPS) is 11.2. The number of benzene rings is 2. The molecule has 0 saturated heterocycles. The summed E-state index contributed by atoms with van der Waals surface area (Å²) < 4.78 is 5.59. The number of hydrogen-bond acceptors (Lipinski definition) is 2. The lowest BCUT2D eigenvalue weighted by atomic mass is 9.96. The third kappa shape index (κ3) is 2.99. The Kier molecular flexibility index (Phi) is 4.77. The van der Waals surface area contributed by atoms with Crippen LogP contribution in [0.1, 0.15) is 36.5 Å². The zero-order chi connectivity index (χ0) is 17.3. The standard InChI is InChI=1S/C21H22ClNO/c1-13(2)15-8-9-19(24-4)18(11-15)21-17(12-22)10-16-7-5-6-14(3)20(16)23-21/h5-11,13H,12H2,1-4H3. The fourth-order valence-electron chi connectivity index (χ4n) is 3.00. The number of nitrogens with zero attached hydrogens (tertiary/aromatic N) is 1. The van der Waals surface area contributed by atoms with Crippen LogP contribution in [0.2, 0.25) is 0 Å². The Hall–Kier alpha value is -2.06. The molecule has 3 aromatic rings. The monoisotopic (exact) mass is 339 g/mol. The van der Waals surface area contributed by atoms with Crippen molar-refractivity contribution in [1.82, 2.24) is 4.98 Å². The van der Waals surface area contributed by atoms with Gasteiger partial charge in [-0.25, -0.2) is 4.98 Å². The Bertz CT molecular complexity index is 886. The molecule has 0 radical (unpaired) electrons. The van der Waals surface area contributed by atoms with Gasteiger partial charge in [-0.1, -0.05) is 38.1 Å². The number of halogens is 1. The van der Waals surface area contributed by atoms with E-state index in [2.05, 4.69) is 57.2 Å². The zero-order valence-electron chi connectivity index (χ0n) is 14.6. The van der Waals surface area contributed by atoms with Crippen LogP contribution in [-0.4, -0.2) is 12.1 Å². The summed E-state index contributed by atoms with van der Waals surface area (Å²) in [6.45, 7) is 6.46. The minimum atomic E-state index is 0.418. The number of aryl methyl sites for hydroxylation is 1. The minimum absolute atomic E-state index is 0.418. The van der Waals surface area contributed by atoms with Gasteiger partial charge in [0.15, 0.2) is 0 Å². The number of alkyl halides is 1. The molecule has 1 aromatic heterocycles. The fourth-order valence-corrected chi connectivity index (χ4v) is 3.20. The number of para-hydroxylation sites is 1. The van der Waals surface area contributed by atoms with E-state index in [1.54, 1.807) is 7.11 Å². The predicted octanol–water partition coefficient (Wildman–Crippen LogP) is 6.08. The highest BCUT2D eigenvalue weighted by Crippen LogP contribution is 2.36. The summed E-state index contributed by atoms with van der Waals surface area (Å²) in [7, 11) is 1.69. The van der Waals surface area contributed by atoms with Crippen LogP contribution in [0.3, 0.4) is 0 Å². The molecule has 0 amide bonds. The van der Waals surface area contributed by atoms with Crippen molar-refractivity contribution in [2.75, 3.05) is 7.11 Å². The van der Waals surface area contributed by atoms with Crippen molar-refractivity contribution < 1.29 is 4.74 Å². The van der Waals surface area contributed by atoms with E-state index in [9.17, 15) is 0 Å². The molecule has 3 rings (SSSR count). The Labute approximate surface area is 148 Å². The predicted molar refractivity (Wildman–Crippen MR) is 102 cm³/mol. The van der Waals surface area contributed by atoms with Gasteiger partial charge in [-0.3, -0.25) is 0 Å². The molecule has 24 heavy (non-hydrogen) atoms. The molecule has 0 N–H and O–H groups in total. The van der Waals surface area contributed by atoms with E-state index in [1.165, 1.54) is 5.56 Å². The largest absolute Gasteiger partial charge is 0.496 e. The summed E-state index contributed by atoms with van der Waals surface area (Å²) in [5.74, 6) is 1.68. The van der Waals surface area contributed by atoms with E-state index in [1.807, 2.05) is 6.07 Å². The van der Waals surface area contributed by atoms with Gasteiger partial charge in [-0.2, -0.15) is 0 Å². The molecule has 3 heteroatoms. The first-order valence-corrected chi connectivity index (χ1v) is 8.72. The number of fused-ring (bicyclic) bond motifs is 1. The first kappa shape index (κ1) is 16.8. The lowest BCUT2D eigenvalue weighted by molar-refractivity contribution is 0.416. The number of rotatable bonds is 4. The van der Waals surface area contributed by atoms with Crippen LogP contribution in [-0.2, 0) is 5.88 Å². The highest BCUT2D eigenvalue weighted by Gasteiger charge is 2.15. The number of pyridine rings is 1. The summed E-state index contributed by atoms with van der Waals surface area (Å²) >= 11 is 6.24. The smallest absolute Gasteiger partial charge is 0.128 e. The Balaban J connectivity index is 2.32. The number of ether oxygens (including phenoxy) is 1. The third-order valence-electron chi connectivity index (χ3n) is 4.42. The Morgan fingerprint density at radius 1 is 1.12 bits per heavy atom. The Morgan fingerprint density at radius 2 is 1.92 bits per heavy atom. The summed E-state index contributed by atoms with van der Waals surface area (Å²) in [6, 6.07) is 14.7. The molecule has 2 aromatic carbocycles. The lowest BCUT2D eigenvalue weighted by Gasteiger charge is -2.16. The molecule has 0 spiro atoms. The van der Waals surface area contributed by atoms with Crippen molar-refractivity contribution in [3.05, 3.63) is 59.2 Å². The number of aromatic nitrogens is 1. The van der Waals surface area contributed by atoms with Crippen LogP contribution in [0, 0.1) is 6.92 Å². The summed E-state index contributed by atoms with van der Waals surface area (Å²) in [5, 5.41) is 1.12. The SMILES string of the molecule is COc1ccc(C(C)C)cc1-c1nc2c(C)cccc2cc1CCl. The second-order valence-electron chi connectivity index (χ2n) is 6.39. The number of methoxy groups -OCH3 is 1. The average Bonchev–Trinajstić information content (AvgIpc) is 2.60. The van der Waals surface area contributed by atoms with Gasteiger partial charge >= 0.3 is 0 Å². The maximum Gasteiger partial charge on any atom is 0.128 e. The van der Waals surface area contributed by atoms with Crippen molar-refractivity contribution >= 4 is 22.5 Å². The first-order valence-electron chi connectivity index (χ1n) is 8.18. The molecule has 124 valence electrons. The fraction of sp³-hybridized carbons (Fsp3) is 0.286. The summed E-state index contributed by atoms with van der Waals surface area (Å²) in [5.41, 5.74) is 6.37. The molecule has 0 atom stereocenters. The van der Waals surface area contributed by atoms with E-state index in [-0.39, 0.29) is 0 Å². The maximum absolute atomic E-state index is 6.24. The van der Waals surface area contributed by atoms with E-state index in [4.69, 9.17) is 21.3 Å². The maximum atomic E-state index is 6.24. The van der Waals surface area contributed by atoms with Gasteiger partial charge in [0.05, 0.1) is 18.3 Å². The van der Waals surface area contributed by atoms with Gasteiger partial charge in [-0.15, -0.1) is 11.6 Å². The summed E-state index contributed by atoms with van der Waals surface area (Å²) in [4.78, 5) is 4.96. The van der Waals surface area contributed by atoms with Crippen LogP contribution < -0.4 is 4.74 Å². The molecular weight excluding hydrogens is 318 g/mol. The third-order valence-corrected chi connectivity index (χ3v) is 4.70. The highest BCUT2D eigenvalue weighted by molar-refractivity contribution is 6.17. The topological polar surface area (TPSA) is 22.1 Å². The molecule has 0 unspecified atom stereocenters. The van der Waals surface area contributed by atoms with Crippen LogP contribution in [0.25, 0.3) is 22.2 Å². The van der Waals surface area contributed by atoms with Gasteiger partial charge < -0.3 is 4.74 Å². The lowest BCUT2D eigenvalue weighted by Crippen LogP contribution is -1.98. The van der Waals surface area contributed by atoms with E-state index < -0.39 is 0 Å². The Morgan fingerprint density at radius 3 is 2.58 bits per heavy atom. The second kappa shape index (κ2) is 6.82. The quantitative estimate of drug-likeness (QED) is 0.537. The molecule has 1 heterocycles. The molecular formula is C21H22ClNO. The van der Waals surface area contributed by atoms with Crippen LogP contribution in [0.5, 0.6) is 5.75 Å². The van der Waals surface area contributed by atoms with Gasteiger partial charge in [0.2, 0.25) is 0 Å². The van der Waals surface area contributed by atoms with Crippen LogP contribution in [0.4, 0.5) is 0 Å². The van der Waals surface area contributed by atoms with E-state index in [0.717, 1.165) is 39.0 Å². The molecule has 0 saturated carbocycles. The highest BCUT2D eigenvalue weighted by atomic mass is 35.5. The van der Waals surface area contributed by atoms with E-state index >= 15 is 0 Å². The van der Waals surface area contributed by atoms with Gasteiger partial charge in [0, 0.05) is 16.8 Å². The molecule has 0 fully saturated rings. The molecule has 0 aliphatic rings. The van der Waals surface area contributed by atoms with Crippen molar-refractivity contribution in [3.8, 4) is 17.0 Å².